The van der Waals surface area contributed by atoms with Crippen molar-refractivity contribution in [1.29, 1.82) is 0 Å². The number of carbonyl (C=O) groups is 3. The second-order valence-corrected chi connectivity index (χ2v) is 4.63. The van der Waals surface area contributed by atoms with Crippen molar-refractivity contribution in [1.82, 2.24) is 10.6 Å². The Morgan fingerprint density at radius 3 is 2.71 bits per heavy atom. The average Bonchev–Trinajstić information content (AvgIpc) is 3.05. The Kier molecular flexibility index (Phi) is 3.31. The van der Waals surface area contributed by atoms with Gasteiger partial charge in [0.05, 0.1) is 11.8 Å². The second-order valence-electron chi connectivity index (χ2n) is 4.63. The zero-order valence-electron chi connectivity index (χ0n) is 9.44. The van der Waals surface area contributed by atoms with Crippen LogP contribution >= 0.6 is 0 Å². The van der Waals surface area contributed by atoms with Gasteiger partial charge in [0.15, 0.2) is 0 Å². The molecule has 2 fully saturated rings. The normalized spacial score (nSPS) is 32.2. The lowest BCUT2D eigenvalue weighted by atomic mass is 10.1. The molecule has 2 rings (SSSR count). The third-order valence-electron chi connectivity index (χ3n) is 3.30. The van der Waals surface area contributed by atoms with E-state index in [0.29, 0.717) is 19.4 Å². The number of carbonyl (C=O) groups excluding carboxylic acids is 2. The van der Waals surface area contributed by atoms with Crippen molar-refractivity contribution in [2.75, 3.05) is 6.54 Å². The summed E-state index contributed by atoms with van der Waals surface area (Å²) in [4.78, 5) is 33.9. The number of hydrogen-bond donors (Lipinski definition) is 3. The van der Waals surface area contributed by atoms with Crippen molar-refractivity contribution < 1.29 is 19.5 Å². The van der Waals surface area contributed by atoms with E-state index >= 15 is 0 Å². The van der Waals surface area contributed by atoms with Crippen LogP contribution in [-0.4, -0.2) is 35.5 Å². The smallest absolute Gasteiger partial charge is 0.307 e. The maximum atomic E-state index is 11.7. The van der Waals surface area contributed by atoms with Crippen molar-refractivity contribution >= 4 is 17.8 Å². The van der Waals surface area contributed by atoms with Gasteiger partial charge >= 0.3 is 5.97 Å². The van der Waals surface area contributed by atoms with E-state index in [-0.39, 0.29) is 11.8 Å². The second kappa shape index (κ2) is 4.73. The molecule has 1 saturated carbocycles. The maximum absolute atomic E-state index is 11.7. The summed E-state index contributed by atoms with van der Waals surface area (Å²) in [6, 6.07) is -0.500. The third-order valence-corrected chi connectivity index (χ3v) is 3.30. The molecule has 3 N–H and O–H groups in total. The summed E-state index contributed by atoms with van der Waals surface area (Å²) in [7, 11) is 0. The zero-order chi connectivity index (χ0) is 12.4. The molecule has 0 aromatic carbocycles. The Balaban J connectivity index is 1.86. The standard InChI is InChI=1S/C11H16N2O4/c14-9(6-5-7(6)11(16)17)13-8-3-1-2-4-12-10(8)15/h6-8H,1-5H2,(H,12,15)(H,13,14)(H,16,17)/t6-,7+,8?/m1/s1. The van der Waals surface area contributed by atoms with Crippen LogP contribution in [0.2, 0.25) is 0 Å². The number of rotatable bonds is 3. The monoisotopic (exact) mass is 240 g/mol. The summed E-state index contributed by atoms with van der Waals surface area (Å²) in [6.07, 6.45) is 2.81. The highest BCUT2D eigenvalue weighted by atomic mass is 16.4. The Labute approximate surface area is 98.8 Å². The van der Waals surface area contributed by atoms with Crippen LogP contribution in [0.25, 0.3) is 0 Å². The Hall–Kier alpha value is -1.59. The molecule has 94 valence electrons. The van der Waals surface area contributed by atoms with Crippen LogP contribution in [0, 0.1) is 11.8 Å². The number of amides is 2. The summed E-state index contributed by atoms with van der Waals surface area (Å²) >= 11 is 0. The lowest BCUT2D eigenvalue weighted by Crippen LogP contribution is -2.46. The quantitative estimate of drug-likeness (QED) is 0.619. The van der Waals surface area contributed by atoms with Gasteiger partial charge in [-0.25, -0.2) is 0 Å². The van der Waals surface area contributed by atoms with Crippen LogP contribution in [-0.2, 0) is 14.4 Å². The van der Waals surface area contributed by atoms with Gasteiger partial charge in [0.25, 0.3) is 0 Å². The highest BCUT2D eigenvalue weighted by molar-refractivity contribution is 5.93. The molecule has 17 heavy (non-hydrogen) atoms. The van der Waals surface area contributed by atoms with Gasteiger partial charge < -0.3 is 15.7 Å². The van der Waals surface area contributed by atoms with E-state index in [4.69, 9.17) is 5.11 Å². The van der Waals surface area contributed by atoms with E-state index in [1.807, 2.05) is 0 Å². The van der Waals surface area contributed by atoms with E-state index in [9.17, 15) is 14.4 Å². The number of hydrogen-bond acceptors (Lipinski definition) is 3. The molecule has 6 heteroatoms. The number of carboxylic acids is 1. The van der Waals surface area contributed by atoms with Crippen molar-refractivity contribution in [3.63, 3.8) is 0 Å². The molecule has 0 radical (unpaired) electrons. The van der Waals surface area contributed by atoms with Gasteiger partial charge in [-0.15, -0.1) is 0 Å². The Morgan fingerprint density at radius 1 is 1.29 bits per heavy atom. The molecule has 1 unspecified atom stereocenters. The fourth-order valence-corrected chi connectivity index (χ4v) is 2.11. The summed E-state index contributed by atoms with van der Waals surface area (Å²) in [5.74, 6) is -2.43. The van der Waals surface area contributed by atoms with E-state index < -0.39 is 23.8 Å². The van der Waals surface area contributed by atoms with Crippen LogP contribution in [0.15, 0.2) is 0 Å². The lowest BCUT2D eigenvalue weighted by molar-refractivity contribution is -0.140. The molecular formula is C11H16N2O4. The van der Waals surface area contributed by atoms with Crippen molar-refractivity contribution in [3.8, 4) is 0 Å². The Bertz CT molecular complexity index is 355. The molecule has 1 aliphatic heterocycles. The average molecular weight is 240 g/mol. The van der Waals surface area contributed by atoms with E-state index in [1.54, 1.807) is 0 Å². The minimum atomic E-state index is -0.935. The van der Waals surface area contributed by atoms with Gasteiger partial charge in [0.2, 0.25) is 11.8 Å². The molecule has 2 aliphatic rings. The fourth-order valence-electron chi connectivity index (χ4n) is 2.11. The van der Waals surface area contributed by atoms with Crippen LogP contribution < -0.4 is 10.6 Å². The molecule has 0 aromatic heterocycles. The Morgan fingerprint density at radius 2 is 2.06 bits per heavy atom. The topological polar surface area (TPSA) is 95.5 Å². The minimum Gasteiger partial charge on any atom is -0.481 e. The highest BCUT2D eigenvalue weighted by Crippen LogP contribution is 2.38. The van der Waals surface area contributed by atoms with E-state index in [2.05, 4.69) is 10.6 Å². The molecule has 0 spiro atoms. The van der Waals surface area contributed by atoms with E-state index in [1.165, 1.54) is 0 Å². The predicted molar refractivity (Wildman–Crippen MR) is 58.0 cm³/mol. The van der Waals surface area contributed by atoms with Gasteiger partial charge in [-0.2, -0.15) is 0 Å². The molecular weight excluding hydrogens is 224 g/mol. The maximum Gasteiger partial charge on any atom is 0.307 e. The SMILES string of the molecule is O=C1NCCCCC1NC(=O)[C@@H]1C[C@@H]1C(=O)O. The first kappa shape index (κ1) is 11.9. The third kappa shape index (κ3) is 2.75. The molecule has 0 bridgehead atoms. The molecule has 6 nitrogen and oxygen atoms in total. The number of nitrogens with one attached hydrogen (secondary N) is 2. The zero-order valence-corrected chi connectivity index (χ0v) is 9.44. The van der Waals surface area contributed by atoms with Crippen LogP contribution in [0.3, 0.4) is 0 Å². The molecule has 2 amide bonds. The summed E-state index contributed by atoms with van der Waals surface area (Å²) in [6.45, 7) is 0.645. The largest absolute Gasteiger partial charge is 0.481 e. The van der Waals surface area contributed by atoms with Crippen molar-refractivity contribution in [2.24, 2.45) is 11.8 Å². The van der Waals surface area contributed by atoms with Gasteiger partial charge in [-0.05, 0) is 25.7 Å². The van der Waals surface area contributed by atoms with Crippen molar-refractivity contribution in [2.45, 2.75) is 31.7 Å². The first-order valence-corrected chi connectivity index (χ1v) is 5.90. The van der Waals surface area contributed by atoms with E-state index in [0.717, 1.165) is 12.8 Å². The summed E-state index contributed by atoms with van der Waals surface area (Å²) < 4.78 is 0. The predicted octanol–water partition coefficient (Wildman–Crippen LogP) is -0.508. The minimum absolute atomic E-state index is 0.164. The number of aliphatic carboxylic acids is 1. The molecule has 1 saturated heterocycles. The summed E-state index contributed by atoms with van der Waals surface area (Å²) in [5, 5.41) is 14.1. The molecule has 1 heterocycles. The molecule has 0 aromatic rings. The van der Waals surface area contributed by atoms with Crippen molar-refractivity contribution in [3.05, 3.63) is 0 Å². The lowest BCUT2D eigenvalue weighted by Gasteiger charge is -2.14. The van der Waals surface area contributed by atoms with Crippen LogP contribution in [0.4, 0.5) is 0 Å². The molecule has 1 aliphatic carbocycles. The van der Waals surface area contributed by atoms with Gasteiger partial charge in [-0.3, -0.25) is 14.4 Å². The van der Waals surface area contributed by atoms with Crippen LogP contribution in [0.1, 0.15) is 25.7 Å². The highest BCUT2D eigenvalue weighted by Gasteiger charge is 2.48. The summed E-state index contributed by atoms with van der Waals surface area (Å²) in [5.41, 5.74) is 0. The first-order valence-electron chi connectivity index (χ1n) is 5.90. The van der Waals surface area contributed by atoms with Gasteiger partial charge in [-0.1, -0.05) is 0 Å². The first-order chi connectivity index (χ1) is 8.09. The fraction of sp³-hybridized carbons (Fsp3) is 0.727. The van der Waals surface area contributed by atoms with Gasteiger partial charge in [0, 0.05) is 6.54 Å². The van der Waals surface area contributed by atoms with Crippen LogP contribution in [0.5, 0.6) is 0 Å². The molecule has 3 atom stereocenters. The van der Waals surface area contributed by atoms with Gasteiger partial charge in [0.1, 0.15) is 6.04 Å². The number of carboxylic acid groups (broad SMARTS) is 1.